The molecule has 0 unspecified atom stereocenters. The lowest BCUT2D eigenvalue weighted by molar-refractivity contribution is 0.329. The number of furan rings is 2. The molecule has 0 aliphatic rings. The van der Waals surface area contributed by atoms with Crippen LogP contribution in [0.1, 0.15) is 17.1 Å². The smallest absolute Gasteiger partial charge is 0.174 e. The van der Waals surface area contributed by atoms with Gasteiger partial charge in [0.05, 0.1) is 25.6 Å². The van der Waals surface area contributed by atoms with Gasteiger partial charge in [-0.15, -0.1) is 0 Å². The zero-order valence-electron chi connectivity index (χ0n) is 12.9. The molecule has 23 heavy (non-hydrogen) atoms. The van der Waals surface area contributed by atoms with Crippen molar-refractivity contribution in [2.24, 2.45) is 0 Å². The van der Waals surface area contributed by atoms with Gasteiger partial charge in [0.15, 0.2) is 5.11 Å². The van der Waals surface area contributed by atoms with Crippen molar-refractivity contribution in [2.75, 3.05) is 5.32 Å². The molecule has 118 valence electrons. The molecule has 0 atom stereocenters. The molecule has 2 heterocycles. The lowest BCUT2D eigenvalue weighted by Gasteiger charge is -2.24. The Morgan fingerprint density at radius 1 is 0.957 bits per heavy atom. The Kier molecular flexibility index (Phi) is 4.78. The third-order valence-corrected chi connectivity index (χ3v) is 3.80. The summed E-state index contributed by atoms with van der Waals surface area (Å²) in [6.45, 7) is 3.21. The molecule has 0 saturated carbocycles. The first-order valence-corrected chi connectivity index (χ1v) is 7.79. The van der Waals surface area contributed by atoms with E-state index in [2.05, 4.69) is 12.2 Å². The summed E-state index contributed by atoms with van der Waals surface area (Å²) >= 11 is 5.57. The maximum Gasteiger partial charge on any atom is 0.174 e. The maximum absolute atomic E-state index is 5.57. The van der Waals surface area contributed by atoms with Crippen LogP contribution in [0.25, 0.3) is 0 Å². The molecule has 1 aromatic carbocycles. The third-order valence-electron chi connectivity index (χ3n) is 3.44. The average molecular weight is 326 g/mol. The van der Waals surface area contributed by atoms with Gasteiger partial charge in [-0.1, -0.05) is 17.7 Å². The highest BCUT2D eigenvalue weighted by Crippen LogP contribution is 2.15. The number of anilines is 1. The van der Waals surface area contributed by atoms with Crippen molar-refractivity contribution in [3.05, 3.63) is 78.1 Å². The molecular weight excluding hydrogens is 308 g/mol. The summed E-state index contributed by atoms with van der Waals surface area (Å²) in [4.78, 5) is 2.01. The van der Waals surface area contributed by atoms with Gasteiger partial charge in [-0.25, -0.2) is 0 Å². The van der Waals surface area contributed by atoms with Crippen LogP contribution >= 0.6 is 12.2 Å². The maximum atomic E-state index is 5.57. The fourth-order valence-corrected chi connectivity index (χ4v) is 2.47. The monoisotopic (exact) mass is 326 g/mol. The Morgan fingerprint density at radius 2 is 1.52 bits per heavy atom. The van der Waals surface area contributed by atoms with Gasteiger partial charge in [-0.05, 0) is 55.5 Å². The Balaban J connectivity index is 1.73. The van der Waals surface area contributed by atoms with E-state index in [0.29, 0.717) is 18.2 Å². The normalized spacial score (nSPS) is 10.5. The number of aryl methyl sites for hydroxylation is 1. The van der Waals surface area contributed by atoms with E-state index in [4.69, 9.17) is 21.1 Å². The van der Waals surface area contributed by atoms with E-state index in [1.54, 1.807) is 12.5 Å². The fraction of sp³-hybridized carbons (Fsp3) is 0.167. The molecule has 0 aliphatic carbocycles. The molecule has 3 aromatic rings. The van der Waals surface area contributed by atoms with Crippen molar-refractivity contribution >= 4 is 23.0 Å². The summed E-state index contributed by atoms with van der Waals surface area (Å²) in [7, 11) is 0. The summed E-state index contributed by atoms with van der Waals surface area (Å²) in [5.74, 6) is 1.70. The SMILES string of the molecule is Cc1ccc(NC(=S)N(Cc2ccco2)Cc2ccco2)cc1. The van der Waals surface area contributed by atoms with Gasteiger partial charge in [0, 0.05) is 5.69 Å². The van der Waals surface area contributed by atoms with E-state index >= 15 is 0 Å². The molecule has 5 heteroatoms. The van der Waals surface area contributed by atoms with Crippen molar-refractivity contribution in [2.45, 2.75) is 20.0 Å². The highest BCUT2D eigenvalue weighted by molar-refractivity contribution is 7.80. The number of thiocarbonyl (C=S) groups is 1. The van der Waals surface area contributed by atoms with Gasteiger partial charge in [-0.3, -0.25) is 0 Å². The zero-order valence-corrected chi connectivity index (χ0v) is 13.7. The molecule has 0 bridgehead atoms. The number of nitrogens with one attached hydrogen (secondary N) is 1. The number of hydrogen-bond acceptors (Lipinski definition) is 3. The quantitative estimate of drug-likeness (QED) is 0.695. The molecule has 2 aromatic heterocycles. The van der Waals surface area contributed by atoms with Crippen molar-refractivity contribution in [1.82, 2.24) is 4.90 Å². The molecule has 0 spiro atoms. The number of benzene rings is 1. The summed E-state index contributed by atoms with van der Waals surface area (Å²) in [5, 5.41) is 3.89. The molecule has 0 fully saturated rings. The van der Waals surface area contributed by atoms with Gasteiger partial charge in [0.1, 0.15) is 11.5 Å². The van der Waals surface area contributed by atoms with Crippen LogP contribution in [0, 0.1) is 6.92 Å². The Bertz CT molecular complexity index is 698. The van der Waals surface area contributed by atoms with E-state index in [9.17, 15) is 0 Å². The van der Waals surface area contributed by atoms with Crippen LogP contribution in [0.4, 0.5) is 5.69 Å². The van der Waals surface area contributed by atoms with Crippen LogP contribution in [0.15, 0.2) is 69.9 Å². The van der Waals surface area contributed by atoms with Gasteiger partial charge >= 0.3 is 0 Å². The topological polar surface area (TPSA) is 41.5 Å². The van der Waals surface area contributed by atoms with Gasteiger partial charge < -0.3 is 19.1 Å². The highest BCUT2D eigenvalue weighted by atomic mass is 32.1. The predicted octanol–water partition coefficient (Wildman–Crippen LogP) is 4.58. The summed E-state index contributed by atoms with van der Waals surface area (Å²) in [5.41, 5.74) is 2.17. The molecule has 4 nitrogen and oxygen atoms in total. The minimum Gasteiger partial charge on any atom is -0.467 e. The number of hydrogen-bond donors (Lipinski definition) is 1. The van der Waals surface area contributed by atoms with Gasteiger partial charge in [0.2, 0.25) is 0 Å². The van der Waals surface area contributed by atoms with Crippen molar-refractivity contribution in [1.29, 1.82) is 0 Å². The number of rotatable bonds is 5. The largest absolute Gasteiger partial charge is 0.467 e. The minimum absolute atomic E-state index is 0.575. The minimum atomic E-state index is 0.575. The van der Waals surface area contributed by atoms with E-state index < -0.39 is 0 Å². The highest BCUT2D eigenvalue weighted by Gasteiger charge is 2.14. The third kappa shape index (κ3) is 4.23. The zero-order chi connectivity index (χ0) is 16.1. The standard InChI is InChI=1S/C18H18N2O2S/c1-14-6-8-15(9-7-14)19-18(23)20(12-16-4-2-10-21-16)13-17-5-3-11-22-17/h2-11H,12-13H2,1H3,(H,19,23). The molecule has 0 amide bonds. The number of nitrogens with zero attached hydrogens (tertiary/aromatic N) is 1. The average Bonchev–Trinajstić information content (AvgIpc) is 3.22. The molecular formula is C18H18N2O2S. The summed E-state index contributed by atoms with van der Waals surface area (Å²) in [6, 6.07) is 15.7. The Morgan fingerprint density at radius 3 is 2.00 bits per heavy atom. The van der Waals surface area contributed by atoms with Crippen LogP contribution in [0.2, 0.25) is 0 Å². The van der Waals surface area contributed by atoms with Crippen LogP contribution < -0.4 is 5.32 Å². The Hall–Kier alpha value is -2.53. The van der Waals surface area contributed by atoms with Crippen molar-refractivity contribution in [3.8, 4) is 0 Å². The van der Waals surface area contributed by atoms with E-state index in [0.717, 1.165) is 17.2 Å². The first-order chi connectivity index (χ1) is 11.2. The molecule has 3 rings (SSSR count). The van der Waals surface area contributed by atoms with E-state index in [-0.39, 0.29) is 0 Å². The lowest BCUT2D eigenvalue weighted by Crippen LogP contribution is -2.33. The molecule has 0 radical (unpaired) electrons. The summed E-state index contributed by atoms with van der Waals surface area (Å²) < 4.78 is 10.9. The lowest BCUT2D eigenvalue weighted by atomic mass is 10.2. The molecule has 1 N–H and O–H groups in total. The summed E-state index contributed by atoms with van der Waals surface area (Å²) in [6.07, 6.45) is 3.33. The van der Waals surface area contributed by atoms with E-state index in [1.165, 1.54) is 5.56 Å². The second kappa shape index (κ2) is 7.15. The van der Waals surface area contributed by atoms with Gasteiger partial charge in [0.25, 0.3) is 0 Å². The fourth-order valence-electron chi connectivity index (χ4n) is 2.22. The predicted molar refractivity (Wildman–Crippen MR) is 94.1 cm³/mol. The van der Waals surface area contributed by atoms with Crippen molar-refractivity contribution in [3.63, 3.8) is 0 Å². The molecule has 0 aliphatic heterocycles. The second-order valence-corrected chi connectivity index (χ2v) is 5.70. The molecule has 0 saturated heterocycles. The van der Waals surface area contributed by atoms with Crippen LogP contribution in [0.3, 0.4) is 0 Å². The van der Waals surface area contributed by atoms with Crippen LogP contribution in [-0.2, 0) is 13.1 Å². The van der Waals surface area contributed by atoms with E-state index in [1.807, 2.05) is 53.4 Å². The van der Waals surface area contributed by atoms with Crippen molar-refractivity contribution < 1.29 is 8.83 Å². The van der Waals surface area contributed by atoms with Gasteiger partial charge in [-0.2, -0.15) is 0 Å². The van der Waals surface area contributed by atoms with Crippen LogP contribution in [0.5, 0.6) is 0 Å². The van der Waals surface area contributed by atoms with Crippen LogP contribution in [-0.4, -0.2) is 10.0 Å². The first-order valence-electron chi connectivity index (χ1n) is 7.38. The Labute approximate surface area is 140 Å². The first kappa shape index (κ1) is 15.4. The second-order valence-electron chi connectivity index (χ2n) is 5.31.